The van der Waals surface area contributed by atoms with Gasteiger partial charge in [0.25, 0.3) is 0 Å². The molecule has 0 bridgehead atoms. The van der Waals surface area contributed by atoms with Gasteiger partial charge in [-0.25, -0.2) is 0 Å². The lowest BCUT2D eigenvalue weighted by Gasteiger charge is -2.34. The van der Waals surface area contributed by atoms with E-state index in [1.165, 1.54) is 0 Å². The fraction of sp³-hybridized carbons (Fsp3) is 0.562. The van der Waals surface area contributed by atoms with Crippen LogP contribution in [-0.2, 0) is 9.47 Å². The summed E-state index contributed by atoms with van der Waals surface area (Å²) in [7, 11) is 0. The van der Waals surface area contributed by atoms with Crippen LogP contribution in [0.5, 0.6) is 0 Å². The van der Waals surface area contributed by atoms with Crippen LogP contribution in [0.3, 0.4) is 0 Å². The van der Waals surface area contributed by atoms with Gasteiger partial charge in [0.15, 0.2) is 12.1 Å². The number of Topliss-reactive ketones (excluding diaryl/α,β-unsaturated/α-hetero) is 1. The monoisotopic (exact) mass is 330 g/mol. The molecule has 0 aliphatic carbocycles. The number of ether oxygens (including phenoxy) is 2. The number of halogens is 2. The number of hydrogen-bond donors (Lipinski definition) is 0. The third kappa shape index (κ3) is 4.96. The maximum absolute atomic E-state index is 12.1. The highest BCUT2D eigenvalue weighted by Crippen LogP contribution is 2.26. The fourth-order valence-electron chi connectivity index (χ4n) is 2.17. The topological polar surface area (TPSA) is 35.5 Å². The van der Waals surface area contributed by atoms with E-state index >= 15 is 0 Å². The summed E-state index contributed by atoms with van der Waals surface area (Å²) in [5, 5.41) is 0.959. The molecule has 1 aromatic rings. The second-order valence-corrected chi connectivity index (χ2v) is 7.00. The Morgan fingerprint density at radius 3 is 2.62 bits per heavy atom. The average molecular weight is 331 g/mol. The molecule has 0 saturated carbocycles. The Kier molecular flexibility index (Phi) is 5.67. The standard InChI is InChI=1S/C16H20Cl2O3/c1-16(2)9-20-15(21-10-16)5-3-4-14(19)12-8-11(17)6-7-13(12)18/h6-8,15H,3-5,9-10H2,1-2H3. The van der Waals surface area contributed by atoms with Gasteiger partial charge in [-0.3, -0.25) is 4.79 Å². The Morgan fingerprint density at radius 1 is 1.29 bits per heavy atom. The molecule has 0 spiro atoms. The molecule has 21 heavy (non-hydrogen) atoms. The van der Waals surface area contributed by atoms with Gasteiger partial charge in [-0.2, -0.15) is 0 Å². The third-order valence-electron chi connectivity index (χ3n) is 3.39. The quantitative estimate of drug-likeness (QED) is 0.731. The first kappa shape index (κ1) is 16.8. The van der Waals surface area contributed by atoms with Crippen LogP contribution in [0.2, 0.25) is 10.0 Å². The van der Waals surface area contributed by atoms with Crippen molar-refractivity contribution in [3.8, 4) is 0 Å². The average Bonchev–Trinajstić information content (AvgIpc) is 2.43. The summed E-state index contributed by atoms with van der Waals surface area (Å²) in [5.74, 6) is -0.00126. The Hall–Kier alpha value is -0.610. The van der Waals surface area contributed by atoms with Crippen molar-refractivity contribution in [1.82, 2.24) is 0 Å². The molecule has 1 fully saturated rings. The number of benzene rings is 1. The van der Waals surface area contributed by atoms with Crippen LogP contribution in [-0.4, -0.2) is 25.3 Å². The van der Waals surface area contributed by atoms with Crippen LogP contribution >= 0.6 is 23.2 Å². The van der Waals surface area contributed by atoms with E-state index < -0.39 is 0 Å². The smallest absolute Gasteiger partial charge is 0.164 e. The van der Waals surface area contributed by atoms with Crippen LogP contribution in [0.15, 0.2) is 18.2 Å². The van der Waals surface area contributed by atoms with Crippen molar-refractivity contribution in [2.24, 2.45) is 5.41 Å². The van der Waals surface area contributed by atoms with E-state index in [0.29, 0.717) is 48.1 Å². The zero-order valence-electron chi connectivity index (χ0n) is 12.3. The maximum atomic E-state index is 12.1. The number of rotatable bonds is 5. The number of carbonyl (C=O) groups is 1. The predicted octanol–water partition coefficient (Wildman–Crippen LogP) is 4.75. The van der Waals surface area contributed by atoms with Crippen molar-refractivity contribution in [2.45, 2.75) is 39.4 Å². The number of hydrogen-bond acceptors (Lipinski definition) is 3. The SMILES string of the molecule is CC1(C)COC(CCCC(=O)c2cc(Cl)ccc2Cl)OC1. The first-order valence-electron chi connectivity index (χ1n) is 7.09. The van der Waals surface area contributed by atoms with Crippen molar-refractivity contribution < 1.29 is 14.3 Å². The van der Waals surface area contributed by atoms with Gasteiger partial charge in [-0.1, -0.05) is 37.0 Å². The third-order valence-corrected chi connectivity index (χ3v) is 3.96. The molecule has 1 saturated heterocycles. The Bertz CT molecular complexity index is 504. The van der Waals surface area contributed by atoms with Crippen molar-refractivity contribution in [1.29, 1.82) is 0 Å². The zero-order chi connectivity index (χ0) is 15.5. The second kappa shape index (κ2) is 7.10. The summed E-state index contributed by atoms with van der Waals surface area (Å²) in [5.41, 5.74) is 0.552. The highest BCUT2D eigenvalue weighted by molar-refractivity contribution is 6.35. The lowest BCUT2D eigenvalue weighted by Crippen LogP contribution is -2.37. The van der Waals surface area contributed by atoms with E-state index in [0.717, 1.165) is 0 Å². The first-order chi connectivity index (χ1) is 9.87. The Labute approximate surface area is 135 Å². The fourth-order valence-corrected chi connectivity index (χ4v) is 2.56. The molecule has 1 aromatic carbocycles. The molecule has 0 atom stereocenters. The molecule has 0 radical (unpaired) electrons. The highest BCUT2D eigenvalue weighted by Gasteiger charge is 2.28. The molecule has 0 aromatic heterocycles. The molecule has 116 valence electrons. The van der Waals surface area contributed by atoms with Gasteiger partial charge in [0.05, 0.1) is 18.2 Å². The van der Waals surface area contributed by atoms with E-state index in [-0.39, 0.29) is 17.5 Å². The summed E-state index contributed by atoms with van der Waals surface area (Å²) in [6.07, 6.45) is 1.61. The number of ketones is 1. The van der Waals surface area contributed by atoms with Crippen LogP contribution in [0.25, 0.3) is 0 Å². The summed E-state index contributed by atoms with van der Waals surface area (Å²) < 4.78 is 11.3. The van der Waals surface area contributed by atoms with Gasteiger partial charge in [0.2, 0.25) is 0 Å². The zero-order valence-corrected chi connectivity index (χ0v) is 13.8. The van der Waals surface area contributed by atoms with E-state index in [9.17, 15) is 4.79 Å². The minimum absolute atomic E-state index is 0.00126. The van der Waals surface area contributed by atoms with Crippen molar-refractivity contribution in [3.05, 3.63) is 33.8 Å². The van der Waals surface area contributed by atoms with Crippen molar-refractivity contribution in [2.75, 3.05) is 13.2 Å². The lowest BCUT2D eigenvalue weighted by molar-refractivity contribution is -0.223. The minimum Gasteiger partial charge on any atom is -0.352 e. The summed E-state index contributed by atoms with van der Waals surface area (Å²) in [6.45, 7) is 5.58. The van der Waals surface area contributed by atoms with Gasteiger partial charge in [0, 0.05) is 22.4 Å². The molecule has 1 aliphatic heterocycles. The van der Waals surface area contributed by atoms with Gasteiger partial charge < -0.3 is 9.47 Å². The van der Waals surface area contributed by atoms with Crippen molar-refractivity contribution in [3.63, 3.8) is 0 Å². The molecule has 2 rings (SSSR count). The normalized spacial score (nSPS) is 18.7. The van der Waals surface area contributed by atoms with Gasteiger partial charge in [-0.15, -0.1) is 0 Å². The van der Waals surface area contributed by atoms with E-state index in [4.69, 9.17) is 32.7 Å². The molecular weight excluding hydrogens is 311 g/mol. The molecule has 0 amide bonds. The van der Waals surface area contributed by atoms with E-state index in [1.54, 1.807) is 18.2 Å². The van der Waals surface area contributed by atoms with Crippen LogP contribution in [0.1, 0.15) is 43.5 Å². The van der Waals surface area contributed by atoms with Gasteiger partial charge in [0.1, 0.15) is 0 Å². The molecule has 5 heteroatoms. The van der Waals surface area contributed by atoms with Crippen molar-refractivity contribution >= 4 is 29.0 Å². The first-order valence-corrected chi connectivity index (χ1v) is 7.84. The van der Waals surface area contributed by atoms with Crippen LogP contribution in [0, 0.1) is 5.41 Å². The molecule has 1 aliphatic rings. The summed E-state index contributed by atoms with van der Waals surface area (Å²) >= 11 is 11.9. The minimum atomic E-state index is -0.208. The Balaban J connectivity index is 1.78. The van der Waals surface area contributed by atoms with E-state index in [2.05, 4.69) is 13.8 Å². The lowest BCUT2D eigenvalue weighted by atomic mass is 9.95. The summed E-state index contributed by atoms with van der Waals surface area (Å²) in [4.78, 5) is 12.1. The molecule has 1 heterocycles. The molecule has 0 unspecified atom stereocenters. The molecule has 3 nitrogen and oxygen atoms in total. The largest absolute Gasteiger partial charge is 0.352 e. The molecule has 0 N–H and O–H groups in total. The maximum Gasteiger partial charge on any atom is 0.164 e. The van der Waals surface area contributed by atoms with E-state index in [1.807, 2.05) is 0 Å². The highest BCUT2D eigenvalue weighted by atomic mass is 35.5. The molecular formula is C16H20Cl2O3. The second-order valence-electron chi connectivity index (χ2n) is 6.16. The Morgan fingerprint density at radius 2 is 1.95 bits per heavy atom. The van der Waals surface area contributed by atoms with Gasteiger partial charge >= 0.3 is 0 Å². The predicted molar refractivity (Wildman–Crippen MR) is 84.1 cm³/mol. The van der Waals surface area contributed by atoms with Crippen LogP contribution in [0.4, 0.5) is 0 Å². The van der Waals surface area contributed by atoms with Gasteiger partial charge in [-0.05, 0) is 31.0 Å². The summed E-state index contributed by atoms with van der Waals surface area (Å²) in [6, 6.07) is 4.93. The number of carbonyl (C=O) groups excluding carboxylic acids is 1. The van der Waals surface area contributed by atoms with Crippen LogP contribution < -0.4 is 0 Å².